The van der Waals surface area contributed by atoms with Crippen LogP contribution in [0.4, 0.5) is 0 Å². The first-order valence-electron chi connectivity index (χ1n) is 6.13. The van der Waals surface area contributed by atoms with E-state index in [0.29, 0.717) is 52.4 Å². The lowest BCUT2D eigenvalue weighted by atomic mass is 9.77. The van der Waals surface area contributed by atoms with Gasteiger partial charge in [0.25, 0.3) is 0 Å². The highest BCUT2D eigenvalue weighted by Crippen LogP contribution is 2.33. The van der Waals surface area contributed by atoms with Gasteiger partial charge in [-0.05, 0) is 12.8 Å². The van der Waals surface area contributed by atoms with Crippen LogP contribution in [-0.4, -0.2) is 61.4 Å². The van der Waals surface area contributed by atoms with Crippen LogP contribution in [0.1, 0.15) is 12.8 Å². The van der Waals surface area contributed by atoms with Gasteiger partial charge in [-0.3, -0.25) is 4.79 Å². The van der Waals surface area contributed by atoms with Crippen molar-refractivity contribution in [2.45, 2.75) is 12.8 Å². The standard InChI is InChI=1S/C11H19N3O4/c12-9(13-16)11(1-5-17-6-2-11)10(15)14-3-7-18-8-4-14/h16H,1-8H2,(H2,12,13). The van der Waals surface area contributed by atoms with E-state index in [9.17, 15) is 4.79 Å². The number of hydrogen-bond donors (Lipinski definition) is 2. The summed E-state index contributed by atoms with van der Waals surface area (Å²) < 4.78 is 10.5. The van der Waals surface area contributed by atoms with Crippen LogP contribution >= 0.6 is 0 Å². The Morgan fingerprint density at radius 2 is 1.72 bits per heavy atom. The van der Waals surface area contributed by atoms with Gasteiger partial charge in [0.1, 0.15) is 5.41 Å². The fourth-order valence-corrected chi connectivity index (χ4v) is 2.46. The monoisotopic (exact) mass is 257 g/mol. The van der Waals surface area contributed by atoms with Crippen LogP contribution in [0, 0.1) is 5.41 Å². The van der Waals surface area contributed by atoms with Crippen LogP contribution in [-0.2, 0) is 14.3 Å². The molecule has 0 atom stereocenters. The number of amidine groups is 1. The van der Waals surface area contributed by atoms with E-state index in [-0.39, 0.29) is 11.7 Å². The Hall–Kier alpha value is -1.34. The number of carbonyl (C=O) groups excluding carboxylic acids is 1. The number of nitrogens with two attached hydrogens (primary N) is 1. The number of carbonyl (C=O) groups is 1. The molecule has 7 nitrogen and oxygen atoms in total. The van der Waals surface area contributed by atoms with E-state index in [1.165, 1.54) is 0 Å². The molecule has 0 aromatic carbocycles. The highest BCUT2D eigenvalue weighted by atomic mass is 16.5. The molecule has 18 heavy (non-hydrogen) atoms. The molecule has 7 heteroatoms. The van der Waals surface area contributed by atoms with Crippen LogP contribution in [0.3, 0.4) is 0 Å². The topological polar surface area (TPSA) is 97.4 Å². The van der Waals surface area contributed by atoms with Gasteiger partial charge in [-0.2, -0.15) is 0 Å². The number of nitrogens with zero attached hydrogens (tertiary/aromatic N) is 2. The molecule has 0 spiro atoms. The second-order valence-corrected chi connectivity index (χ2v) is 4.58. The van der Waals surface area contributed by atoms with Gasteiger partial charge in [-0.15, -0.1) is 0 Å². The van der Waals surface area contributed by atoms with E-state index in [1.807, 2.05) is 0 Å². The van der Waals surface area contributed by atoms with Crippen molar-refractivity contribution in [2.24, 2.45) is 16.3 Å². The van der Waals surface area contributed by atoms with Crippen molar-refractivity contribution in [1.29, 1.82) is 0 Å². The maximum atomic E-state index is 12.6. The van der Waals surface area contributed by atoms with Gasteiger partial charge in [-0.1, -0.05) is 5.16 Å². The molecule has 2 aliphatic rings. The largest absolute Gasteiger partial charge is 0.409 e. The molecule has 2 fully saturated rings. The van der Waals surface area contributed by atoms with Gasteiger partial charge in [0, 0.05) is 26.3 Å². The third-order valence-electron chi connectivity index (χ3n) is 3.65. The summed E-state index contributed by atoms with van der Waals surface area (Å²) >= 11 is 0. The number of amides is 1. The molecule has 0 unspecified atom stereocenters. The summed E-state index contributed by atoms with van der Waals surface area (Å²) in [6, 6.07) is 0. The van der Waals surface area contributed by atoms with E-state index in [1.54, 1.807) is 4.90 Å². The summed E-state index contributed by atoms with van der Waals surface area (Å²) in [5.41, 5.74) is 4.84. The molecular formula is C11H19N3O4. The van der Waals surface area contributed by atoms with Crippen LogP contribution < -0.4 is 5.73 Å². The molecule has 0 bridgehead atoms. The van der Waals surface area contributed by atoms with Gasteiger partial charge < -0.3 is 25.3 Å². The summed E-state index contributed by atoms with van der Waals surface area (Å²) in [7, 11) is 0. The van der Waals surface area contributed by atoms with E-state index in [4.69, 9.17) is 20.4 Å². The summed E-state index contributed by atoms with van der Waals surface area (Å²) in [6.07, 6.45) is 0.915. The van der Waals surface area contributed by atoms with E-state index < -0.39 is 5.41 Å². The van der Waals surface area contributed by atoms with E-state index >= 15 is 0 Å². The molecule has 2 rings (SSSR count). The van der Waals surface area contributed by atoms with Crippen LogP contribution in [0.2, 0.25) is 0 Å². The fraction of sp³-hybridized carbons (Fsp3) is 0.818. The predicted molar refractivity (Wildman–Crippen MR) is 63.3 cm³/mol. The zero-order valence-electron chi connectivity index (χ0n) is 10.3. The smallest absolute Gasteiger partial charge is 0.236 e. The quantitative estimate of drug-likeness (QED) is 0.297. The third-order valence-corrected chi connectivity index (χ3v) is 3.65. The summed E-state index contributed by atoms with van der Waals surface area (Å²) in [4.78, 5) is 14.3. The molecule has 3 N–H and O–H groups in total. The Labute approximate surface area is 106 Å². The average molecular weight is 257 g/mol. The molecule has 102 valence electrons. The molecule has 2 aliphatic heterocycles. The molecule has 2 heterocycles. The normalized spacial score (nSPS) is 24.9. The van der Waals surface area contributed by atoms with Gasteiger partial charge in [0.05, 0.1) is 13.2 Å². The van der Waals surface area contributed by atoms with Crippen molar-refractivity contribution in [2.75, 3.05) is 39.5 Å². The molecule has 0 saturated carbocycles. The molecule has 1 amide bonds. The molecular weight excluding hydrogens is 238 g/mol. The zero-order valence-corrected chi connectivity index (χ0v) is 10.3. The highest BCUT2D eigenvalue weighted by molar-refractivity contribution is 6.06. The van der Waals surface area contributed by atoms with Crippen LogP contribution in [0.25, 0.3) is 0 Å². The Balaban J connectivity index is 2.19. The zero-order chi connectivity index (χ0) is 13.0. The number of rotatable bonds is 2. The summed E-state index contributed by atoms with van der Waals surface area (Å²) in [6.45, 7) is 3.09. The molecule has 0 radical (unpaired) electrons. The average Bonchev–Trinajstić information content (AvgIpc) is 2.47. The number of hydrogen-bond acceptors (Lipinski definition) is 5. The lowest BCUT2D eigenvalue weighted by Crippen LogP contribution is -2.56. The minimum Gasteiger partial charge on any atom is -0.409 e. The first-order chi connectivity index (χ1) is 8.70. The number of oxime groups is 1. The summed E-state index contributed by atoms with van der Waals surface area (Å²) in [5.74, 6) is -0.0910. The Kier molecular flexibility index (Phi) is 4.03. The van der Waals surface area contributed by atoms with Crippen molar-refractivity contribution in [3.05, 3.63) is 0 Å². The van der Waals surface area contributed by atoms with Gasteiger partial charge in [-0.25, -0.2) is 0 Å². The molecule has 0 aliphatic carbocycles. The van der Waals surface area contributed by atoms with Gasteiger partial charge in [0.15, 0.2) is 5.84 Å². The maximum Gasteiger partial charge on any atom is 0.236 e. The highest BCUT2D eigenvalue weighted by Gasteiger charge is 2.46. The molecule has 2 saturated heterocycles. The molecule has 0 aromatic heterocycles. The second-order valence-electron chi connectivity index (χ2n) is 4.58. The van der Waals surface area contributed by atoms with Gasteiger partial charge >= 0.3 is 0 Å². The first kappa shape index (κ1) is 13.1. The van der Waals surface area contributed by atoms with E-state index in [2.05, 4.69) is 5.16 Å². The minimum absolute atomic E-state index is 0.0118. The van der Waals surface area contributed by atoms with Crippen LogP contribution in [0.15, 0.2) is 5.16 Å². The first-order valence-corrected chi connectivity index (χ1v) is 6.13. The van der Waals surface area contributed by atoms with Crippen molar-refractivity contribution in [3.8, 4) is 0 Å². The Bertz CT molecular complexity index is 333. The lowest BCUT2D eigenvalue weighted by molar-refractivity contribution is -0.146. The van der Waals surface area contributed by atoms with Gasteiger partial charge in [0.2, 0.25) is 5.91 Å². The predicted octanol–water partition coefficient (Wildman–Crippen LogP) is -0.612. The Morgan fingerprint density at radius 3 is 2.28 bits per heavy atom. The third kappa shape index (κ3) is 2.28. The number of ether oxygens (including phenoxy) is 2. The number of morpholine rings is 1. The van der Waals surface area contributed by atoms with Crippen molar-refractivity contribution in [1.82, 2.24) is 4.90 Å². The van der Waals surface area contributed by atoms with Crippen molar-refractivity contribution in [3.63, 3.8) is 0 Å². The minimum atomic E-state index is -0.912. The Morgan fingerprint density at radius 1 is 1.17 bits per heavy atom. The van der Waals surface area contributed by atoms with Crippen molar-refractivity contribution >= 4 is 11.7 Å². The van der Waals surface area contributed by atoms with Crippen LogP contribution in [0.5, 0.6) is 0 Å². The summed E-state index contributed by atoms with van der Waals surface area (Å²) in [5, 5.41) is 12.0. The second kappa shape index (κ2) is 5.53. The lowest BCUT2D eigenvalue weighted by Gasteiger charge is -2.39. The maximum absolute atomic E-state index is 12.6. The SMILES string of the molecule is NC(=NO)C1(C(=O)N2CCOCC2)CCOCC1. The fourth-order valence-electron chi connectivity index (χ4n) is 2.46. The molecule has 0 aromatic rings. The van der Waals surface area contributed by atoms with E-state index in [0.717, 1.165) is 0 Å². The van der Waals surface area contributed by atoms with Crippen molar-refractivity contribution < 1.29 is 19.5 Å².